The van der Waals surface area contributed by atoms with Crippen molar-refractivity contribution in [3.05, 3.63) is 64.2 Å². The molecule has 3 heterocycles. The number of aromatic amines is 1. The van der Waals surface area contributed by atoms with Gasteiger partial charge in [0.1, 0.15) is 0 Å². The largest absolute Gasteiger partial charge is 0.354 e. The van der Waals surface area contributed by atoms with E-state index in [2.05, 4.69) is 45.5 Å². The minimum atomic E-state index is 0.918. The standard InChI is InChI=1S/C18H14N2S2/c1-3-5-17(21-2)15-9-7-13(19-15)12-14-8-10-16(20-14)18-6-4-11-22-18/h1,4-12,20H,2H3/b13-12?,17-5-. The maximum absolute atomic E-state index is 5.34. The van der Waals surface area contributed by atoms with Gasteiger partial charge in [-0.1, -0.05) is 12.0 Å². The summed E-state index contributed by atoms with van der Waals surface area (Å²) in [5, 5.41) is 2.08. The molecule has 22 heavy (non-hydrogen) atoms. The van der Waals surface area contributed by atoms with Crippen LogP contribution >= 0.6 is 23.1 Å². The van der Waals surface area contributed by atoms with Crippen LogP contribution in [-0.2, 0) is 0 Å². The van der Waals surface area contributed by atoms with Gasteiger partial charge in [-0.05, 0) is 48.1 Å². The minimum Gasteiger partial charge on any atom is -0.354 e. The van der Waals surface area contributed by atoms with Gasteiger partial charge < -0.3 is 4.98 Å². The Morgan fingerprint density at radius 3 is 3.00 bits per heavy atom. The lowest BCUT2D eigenvalue weighted by atomic mass is 10.3. The molecule has 2 aromatic rings. The molecule has 3 rings (SSSR count). The van der Waals surface area contributed by atoms with Crippen LogP contribution in [0.3, 0.4) is 0 Å². The third-order valence-electron chi connectivity index (χ3n) is 3.15. The van der Waals surface area contributed by atoms with E-state index in [-0.39, 0.29) is 0 Å². The van der Waals surface area contributed by atoms with Crippen molar-refractivity contribution < 1.29 is 0 Å². The van der Waals surface area contributed by atoms with Crippen LogP contribution in [0.4, 0.5) is 0 Å². The predicted molar refractivity (Wildman–Crippen MR) is 99.1 cm³/mol. The molecule has 0 atom stereocenters. The van der Waals surface area contributed by atoms with Gasteiger partial charge in [-0.3, -0.25) is 0 Å². The number of thioether (sulfide) groups is 1. The topological polar surface area (TPSA) is 28.1 Å². The summed E-state index contributed by atoms with van der Waals surface area (Å²) < 4.78 is 0. The molecule has 0 radical (unpaired) electrons. The van der Waals surface area contributed by atoms with Gasteiger partial charge >= 0.3 is 0 Å². The van der Waals surface area contributed by atoms with Crippen LogP contribution in [-0.4, -0.2) is 17.0 Å². The SMILES string of the molecule is C#C/C=C(\SC)C1=NC(=Cc2ccc(-c3cccs3)[nH]2)C=C1. The lowest BCUT2D eigenvalue weighted by Gasteiger charge is -1.98. The van der Waals surface area contributed by atoms with Crippen LogP contribution in [0.25, 0.3) is 16.6 Å². The number of aliphatic imine (C=N–C) groups is 1. The van der Waals surface area contributed by atoms with Gasteiger partial charge in [0.25, 0.3) is 0 Å². The monoisotopic (exact) mass is 322 g/mol. The molecule has 1 aliphatic heterocycles. The van der Waals surface area contributed by atoms with Crippen LogP contribution in [0.5, 0.6) is 0 Å². The highest BCUT2D eigenvalue weighted by molar-refractivity contribution is 8.03. The van der Waals surface area contributed by atoms with Crippen molar-refractivity contribution in [1.82, 2.24) is 4.98 Å². The highest BCUT2D eigenvalue weighted by Crippen LogP contribution is 2.26. The number of thiophene rings is 1. The fourth-order valence-electron chi connectivity index (χ4n) is 2.14. The molecule has 0 aromatic carbocycles. The molecule has 2 aromatic heterocycles. The zero-order chi connectivity index (χ0) is 15.4. The highest BCUT2D eigenvalue weighted by Gasteiger charge is 2.09. The summed E-state index contributed by atoms with van der Waals surface area (Å²) in [7, 11) is 0. The lowest BCUT2D eigenvalue weighted by molar-refractivity contribution is 1.36. The average Bonchev–Trinajstić information content (AvgIpc) is 3.26. The molecule has 0 saturated carbocycles. The molecule has 0 aliphatic carbocycles. The average molecular weight is 322 g/mol. The van der Waals surface area contributed by atoms with Gasteiger partial charge in [-0.25, -0.2) is 4.99 Å². The van der Waals surface area contributed by atoms with Crippen molar-refractivity contribution in [2.24, 2.45) is 4.99 Å². The third-order valence-corrected chi connectivity index (χ3v) is 4.82. The van der Waals surface area contributed by atoms with Crippen molar-refractivity contribution in [3.8, 4) is 22.9 Å². The Bertz CT molecular complexity index is 825. The maximum Gasteiger partial charge on any atom is 0.0779 e. The minimum absolute atomic E-state index is 0.918. The van der Waals surface area contributed by atoms with E-state index in [4.69, 9.17) is 6.42 Å². The van der Waals surface area contributed by atoms with E-state index in [1.807, 2.05) is 24.5 Å². The number of nitrogens with one attached hydrogen (secondary N) is 1. The highest BCUT2D eigenvalue weighted by atomic mass is 32.2. The summed E-state index contributed by atoms with van der Waals surface area (Å²) in [6.45, 7) is 0. The zero-order valence-electron chi connectivity index (χ0n) is 12.0. The van der Waals surface area contributed by atoms with Gasteiger partial charge in [0.2, 0.25) is 0 Å². The van der Waals surface area contributed by atoms with Gasteiger partial charge in [0, 0.05) is 16.7 Å². The van der Waals surface area contributed by atoms with Crippen LogP contribution in [0.15, 0.2) is 63.5 Å². The van der Waals surface area contributed by atoms with Crippen molar-refractivity contribution in [3.63, 3.8) is 0 Å². The quantitative estimate of drug-likeness (QED) is 0.790. The first-order chi connectivity index (χ1) is 10.8. The second-order valence-corrected chi connectivity index (χ2v) is 6.38. The number of nitrogens with zero attached hydrogens (tertiary/aromatic N) is 1. The fraction of sp³-hybridized carbons (Fsp3) is 0.0556. The van der Waals surface area contributed by atoms with Crippen molar-refractivity contribution >= 4 is 34.9 Å². The number of hydrogen-bond acceptors (Lipinski definition) is 3. The summed E-state index contributed by atoms with van der Waals surface area (Å²) in [4.78, 5) is 10.3. The number of H-pyrrole nitrogens is 1. The Morgan fingerprint density at radius 1 is 1.36 bits per heavy atom. The molecule has 0 unspecified atom stereocenters. The molecule has 0 fully saturated rings. The zero-order valence-corrected chi connectivity index (χ0v) is 13.7. The molecule has 1 N–H and O–H groups in total. The van der Waals surface area contributed by atoms with Gasteiger partial charge in [-0.2, -0.15) is 0 Å². The summed E-state index contributed by atoms with van der Waals surface area (Å²) in [5.41, 5.74) is 4.01. The Morgan fingerprint density at radius 2 is 2.27 bits per heavy atom. The normalized spacial score (nSPS) is 16.1. The molecular weight excluding hydrogens is 308 g/mol. The van der Waals surface area contributed by atoms with E-state index in [1.165, 1.54) is 4.88 Å². The number of allylic oxidation sites excluding steroid dienone is 4. The van der Waals surface area contributed by atoms with Gasteiger partial charge in [0.05, 0.1) is 22.0 Å². The smallest absolute Gasteiger partial charge is 0.0779 e. The van der Waals surface area contributed by atoms with E-state index < -0.39 is 0 Å². The van der Waals surface area contributed by atoms with E-state index >= 15 is 0 Å². The molecule has 0 spiro atoms. The van der Waals surface area contributed by atoms with Crippen molar-refractivity contribution in [2.75, 3.05) is 6.26 Å². The number of rotatable bonds is 4. The summed E-state index contributed by atoms with van der Waals surface area (Å²) >= 11 is 3.33. The Balaban J connectivity index is 1.83. The number of aromatic nitrogens is 1. The summed E-state index contributed by atoms with van der Waals surface area (Å²) in [5.74, 6) is 2.56. The maximum atomic E-state index is 5.34. The second-order valence-electron chi connectivity index (χ2n) is 4.58. The second kappa shape index (κ2) is 6.69. The lowest BCUT2D eigenvalue weighted by Crippen LogP contribution is -1.91. The van der Waals surface area contributed by atoms with E-state index in [0.29, 0.717) is 0 Å². The first-order valence-corrected chi connectivity index (χ1v) is 8.82. The molecule has 4 heteroatoms. The van der Waals surface area contributed by atoms with Gasteiger partial charge in [-0.15, -0.1) is 29.5 Å². The third kappa shape index (κ3) is 3.16. The van der Waals surface area contributed by atoms with Gasteiger partial charge in [0.15, 0.2) is 0 Å². The fourth-order valence-corrected chi connectivity index (χ4v) is 3.36. The van der Waals surface area contributed by atoms with Crippen LogP contribution in [0.2, 0.25) is 0 Å². The molecule has 108 valence electrons. The van der Waals surface area contributed by atoms with Crippen molar-refractivity contribution in [2.45, 2.75) is 0 Å². The van der Waals surface area contributed by atoms with E-state index in [1.54, 1.807) is 29.2 Å². The molecule has 0 amide bonds. The van der Waals surface area contributed by atoms with E-state index in [9.17, 15) is 0 Å². The molecule has 2 nitrogen and oxygen atoms in total. The van der Waals surface area contributed by atoms with Crippen molar-refractivity contribution in [1.29, 1.82) is 0 Å². The Hall–Kier alpha value is -2.22. The first-order valence-electron chi connectivity index (χ1n) is 6.72. The Kier molecular flexibility index (Phi) is 4.47. The molecule has 1 aliphatic rings. The number of terminal acetylenes is 1. The summed E-state index contributed by atoms with van der Waals surface area (Å²) in [6.07, 6.45) is 15.1. The first kappa shape index (κ1) is 14.7. The molecular formula is C18H14N2S2. The van der Waals surface area contributed by atoms with Crippen LogP contribution in [0.1, 0.15) is 5.69 Å². The molecule has 0 bridgehead atoms. The molecule has 0 saturated heterocycles. The van der Waals surface area contributed by atoms with Crippen LogP contribution < -0.4 is 0 Å². The van der Waals surface area contributed by atoms with E-state index in [0.717, 1.165) is 27.7 Å². The predicted octanol–water partition coefficient (Wildman–Crippen LogP) is 4.98. The van der Waals surface area contributed by atoms with Crippen LogP contribution in [0, 0.1) is 12.3 Å². The summed E-state index contributed by atoms with van der Waals surface area (Å²) in [6, 6.07) is 8.31. The Labute approximate surface area is 138 Å². The number of hydrogen-bond donors (Lipinski definition) is 1.